The molecule has 4 saturated heterocycles. The van der Waals surface area contributed by atoms with Crippen LogP contribution in [0.3, 0.4) is 0 Å². The van der Waals surface area contributed by atoms with Crippen LogP contribution in [0.2, 0.25) is 0 Å². The summed E-state index contributed by atoms with van der Waals surface area (Å²) in [6.07, 6.45) is -39.8. The van der Waals surface area contributed by atoms with E-state index >= 15 is 0 Å². The molecule has 0 N–H and O–H groups in total. The Morgan fingerprint density at radius 3 is 0.655 bits per heavy atom. The summed E-state index contributed by atoms with van der Waals surface area (Å²) in [5.74, 6) is -14.7. The lowest BCUT2D eigenvalue weighted by atomic mass is 9.94. The molecule has 0 amide bonds. The molecule has 4 aliphatic heterocycles. The highest BCUT2D eigenvalue weighted by Gasteiger charge is 2.62. The van der Waals surface area contributed by atoms with Crippen LogP contribution >= 0.6 is 0 Å². The average molecular weight is 1260 g/mol. The van der Waals surface area contributed by atoms with Crippen LogP contribution in [0.1, 0.15) is 96.9 Å². The lowest BCUT2D eigenvalue weighted by Gasteiger charge is -2.51. The maximum absolute atomic E-state index is 13.4. The maximum atomic E-state index is 13.4. The van der Waals surface area contributed by atoms with Crippen LogP contribution in [0.15, 0.2) is 0 Å². The molecule has 0 aromatic heterocycles. The van der Waals surface area contributed by atoms with Gasteiger partial charge >= 0.3 is 83.6 Å². The van der Waals surface area contributed by atoms with E-state index in [-0.39, 0.29) is 0 Å². The summed E-state index contributed by atoms with van der Waals surface area (Å²) in [5.41, 5.74) is 0. The fourth-order valence-electron chi connectivity index (χ4n) is 9.30. The second kappa shape index (κ2) is 32.9. The minimum Gasteiger partial charge on any atom is -0.463 e. The molecule has 4 fully saturated rings. The van der Waals surface area contributed by atoms with E-state index in [0.29, 0.717) is 0 Å². The van der Waals surface area contributed by atoms with E-state index < -0.39 is 233 Å². The molecule has 0 spiro atoms. The molecule has 488 valence electrons. The number of carbonyl (C=O) groups is 14. The predicted octanol–water partition coefficient (Wildman–Crippen LogP) is -1.76. The lowest BCUT2D eigenvalue weighted by Crippen LogP contribution is -2.70. The Balaban J connectivity index is 2.04. The van der Waals surface area contributed by atoms with Crippen LogP contribution < -0.4 is 0 Å². The molecule has 4 aliphatic rings. The molecule has 0 aromatic rings. The number of hydrogen-bond acceptors (Lipinski definition) is 35. The normalized spacial score (nSPS) is 31.9. The van der Waals surface area contributed by atoms with Gasteiger partial charge in [0.25, 0.3) is 0 Å². The van der Waals surface area contributed by atoms with Gasteiger partial charge in [0.2, 0.25) is 6.29 Å². The molecule has 0 aliphatic carbocycles. The van der Waals surface area contributed by atoms with Gasteiger partial charge in [0.05, 0.1) is 0 Å². The summed E-state index contributed by atoms with van der Waals surface area (Å²) < 4.78 is 121. The monoisotopic (exact) mass is 1250 g/mol. The summed E-state index contributed by atoms with van der Waals surface area (Å²) in [4.78, 5) is 179. The van der Waals surface area contributed by atoms with Gasteiger partial charge in [-0.05, 0) is 0 Å². The number of hydrogen-bond donors (Lipinski definition) is 0. The quantitative estimate of drug-likeness (QED) is 0.0763. The molecular weight excluding hydrogens is 1180 g/mol. The highest BCUT2D eigenvalue weighted by molar-refractivity contribution is 5.71. The number of carbonyl (C=O) groups excluding carboxylic acids is 14. The van der Waals surface area contributed by atoms with Crippen molar-refractivity contribution in [1.29, 1.82) is 0 Å². The van der Waals surface area contributed by atoms with Crippen LogP contribution in [-0.2, 0) is 167 Å². The molecule has 0 aromatic carbocycles. The van der Waals surface area contributed by atoms with Gasteiger partial charge in [0, 0.05) is 96.9 Å². The Bertz CT molecular complexity index is 2530. The molecule has 0 radical (unpaired) electrons. The Morgan fingerprint density at radius 1 is 0.207 bits per heavy atom. The van der Waals surface area contributed by atoms with Crippen LogP contribution in [0.4, 0.5) is 0 Å². The van der Waals surface area contributed by atoms with Crippen molar-refractivity contribution in [3.8, 4) is 0 Å². The topological polar surface area (TPSA) is 433 Å². The van der Waals surface area contributed by atoms with Crippen molar-refractivity contribution in [2.45, 2.75) is 220 Å². The zero-order valence-electron chi connectivity index (χ0n) is 49.7. The Kier molecular flexibility index (Phi) is 27.1. The largest absolute Gasteiger partial charge is 0.463 e. The molecule has 0 unspecified atom stereocenters. The highest BCUT2D eigenvalue weighted by atomic mass is 16.8. The van der Waals surface area contributed by atoms with Crippen LogP contribution in [0.25, 0.3) is 0 Å². The predicted molar refractivity (Wildman–Crippen MR) is 268 cm³/mol. The fraction of sp³-hybridized carbons (Fsp3) is 0.731. The zero-order chi connectivity index (χ0) is 65.3. The molecule has 4 rings (SSSR count). The molecule has 35 nitrogen and oxygen atoms in total. The first kappa shape index (κ1) is 71.8. The minimum atomic E-state index is -2.28. The van der Waals surface area contributed by atoms with Gasteiger partial charge in [-0.15, -0.1) is 0 Å². The smallest absolute Gasteiger partial charge is 0.305 e. The minimum absolute atomic E-state index is 0.752. The molecule has 20 atom stereocenters. The van der Waals surface area contributed by atoms with Gasteiger partial charge in [0.15, 0.2) is 73.8 Å². The summed E-state index contributed by atoms with van der Waals surface area (Å²) in [6.45, 7) is 9.68. The lowest BCUT2D eigenvalue weighted by molar-refractivity contribution is -0.389. The van der Waals surface area contributed by atoms with Gasteiger partial charge in [0.1, 0.15) is 69.2 Å². The van der Waals surface area contributed by atoms with E-state index in [1.54, 1.807) is 0 Å². The van der Waals surface area contributed by atoms with Crippen LogP contribution in [-0.4, -0.2) is 233 Å². The first-order valence-electron chi connectivity index (χ1n) is 26.5. The highest BCUT2D eigenvalue weighted by Crippen LogP contribution is 2.40. The molecule has 35 heteroatoms. The summed E-state index contributed by atoms with van der Waals surface area (Å²) >= 11 is 0. The van der Waals surface area contributed by atoms with Crippen molar-refractivity contribution in [3.05, 3.63) is 0 Å². The zero-order valence-corrected chi connectivity index (χ0v) is 49.7. The third kappa shape index (κ3) is 21.9. The second-order valence-electron chi connectivity index (χ2n) is 19.5. The van der Waals surface area contributed by atoms with Gasteiger partial charge < -0.3 is 99.5 Å². The van der Waals surface area contributed by atoms with Gasteiger partial charge in [-0.3, -0.25) is 67.1 Å². The van der Waals surface area contributed by atoms with Gasteiger partial charge in [-0.1, -0.05) is 0 Å². The maximum Gasteiger partial charge on any atom is 0.305 e. The van der Waals surface area contributed by atoms with Crippen molar-refractivity contribution in [3.63, 3.8) is 0 Å². The molecule has 0 bridgehead atoms. The number of ether oxygens (including phenoxy) is 21. The van der Waals surface area contributed by atoms with Crippen LogP contribution in [0.5, 0.6) is 0 Å². The molecular formula is C52H70O35. The standard InChI is InChI=1S/C52H70O35/c1-19(53)67-15-33-37(71-23(5)57)41(74-26(8)60)45(76-28(10)62)51(83-33)87-44-39(73-25(7)59)35(17-69-21(3)55)82-50(48(44)79-31(13)65)85-40-36(18-70-22(4)56)84-52(46(77-29(11)63)42(40)75-27(9)61)86-43-38(72-24(6)58)34(16-68-20(2)54)81-49(80-32(14)66)47(43)78-30(12)64/h33-52H,15-18H2,1-14H3/t33-,34-,35-,36-,37-,38-,39-,40-,41+,42+,43+,44+,45-,46-,47-,48-,49-,50+,51+,52+/m1/s1. The van der Waals surface area contributed by atoms with E-state index in [0.717, 1.165) is 96.9 Å². The molecule has 0 saturated carbocycles. The average Bonchev–Trinajstić information content (AvgIpc) is 0.884. The Morgan fingerprint density at radius 2 is 0.391 bits per heavy atom. The van der Waals surface area contributed by atoms with E-state index in [9.17, 15) is 67.1 Å². The van der Waals surface area contributed by atoms with E-state index in [1.807, 2.05) is 0 Å². The first-order valence-corrected chi connectivity index (χ1v) is 26.5. The second-order valence-corrected chi connectivity index (χ2v) is 19.5. The van der Waals surface area contributed by atoms with E-state index in [1.165, 1.54) is 0 Å². The summed E-state index contributed by atoms with van der Waals surface area (Å²) in [6, 6.07) is 0. The fourth-order valence-corrected chi connectivity index (χ4v) is 9.30. The Hall–Kier alpha value is -7.70. The van der Waals surface area contributed by atoms with Crippen molar-refractivity contribution < 1.29 is 167 Å². The first-order chi connectivity index (χ1) is 40.6. The van der Waals surface area contributed by atoms with Gasteiger partial charge in [-0.25, -0.2) is 0 Å². The van der Waals surface area contributed by atoms with Crippen LogP contribution in [0, 0.1) is 0 Å². The van der Waals surface area contributed by atoms with Crippen molar-refractivity contribution in [2.24, 2.45) is 0 Å². The molecule has 87 heavy (non-hydrogen) atoms. The number of rotatable bonds is 24. The summed E-state index contributed by atoms with van der Waals surface area (Å²) in [5, 5.41) is 0. The third-order valence-electron chi connectivity index (χ3n) is 12.0. The van der Waals surface area contributed by atoms with Crippen molar-refractivity contribution in [1.82, 2.24) is 0 Å². The summed E-state index contributed by atoms with van der Waals surface area (Å²) in [7, 11) is 0. The number of esters is 14. The Labute approximate surface area is 495 Å². The molecule has 4 heterocycles. The van der Waals surface area contributed by atoms with Gasteiger partial charge in [-0.2, -0.15) is 0 Å². The SMILES string of the molecule is CC(=O)OC[C@H]1O[C@@H](O[C@@H]2[C@@H](OC(C)=O)[C@H](O[C@H]3[C@H](OC(C)=O)[C@@H](OC(C)=O)[C@H](O[C@@H]4[C@@H](OC(C)=O)[C@H](OC(C)=O)O[C@H](COC(C)=O)[C@H]4OC(C)=O)O[C@@H]3COC(C)=O)O[C@H](COC(C)=O)[C@H]2OC(C)=O)[C@H](OC(C)=O)[C@@H](OC(C)=O)[C@@H]1OC(C)=O. The van der Waals surface area contributed by atoms with Crippen molar-refractivity contribution >= 4 is 83.6 Å². The van der Waals surface area contributed by atoms with Crippen molar-refractivity contribution in [2.75, 3.05) is 26.4 Å². The third-order valence-corrected chi connectivity index (χ3v) is 12.0. The van der Waals surface area contributed by atoms with E-state index in [4.69, 9.17) is 99.5 Å². The van der Waals surface area contributed by atoms with E-state index in [2.05, 4.69) is 0 Å².